The van der Waals surface area contributed by atoms with Crippen molar-refractivity contribution >= 4 is 0 Å². The molecule has 0 aromatic heterocycles. The van der Waals surface area contributed by atoms with Crippen molar-refractivity contribution < 1.29 is 0 Å². The summed E-state index contributed by atoms with van der Waals surface area (Å²) in [5.74, 6) is 0. The molecule has 0 aliphatic heterocycles. The largest absolute Gasteiger partial charge is 0.313 e. The summed E-state index contributed by atoms with van der Waals surface area (Å²) in [6.07, 6.45) is 0.591. The Kier molecular flexibility index (Phi) is 3.40. The minimum absolute atomic E-state index is 0.166. The van der Waals surface area contributed by atoms with Crippen molar-refractivity contribution in [3.8, 4) is 6.07 Å². The SMILES string of the molecule is CC(N)(C#N)Cc1ccc(C(C)(C)C)cc1. The third-order valence-corrected chi connectivity index (χ3v) is 2.65. The van der Waals surface area contributed by atoms with Crippen LogP contribution in [0.4, 0.5) is 0 Å². The Labute approximate surface area is 98.1 Å². The fourth-order valence-corrected chi connectivity index (χ4v) is 1.59. The van der Waals surface area contributed by atoms with Gasteiger partial charge in [0.15, 0.2) is 0 Å². The zero-order valence-electron chi connectivity index (χ0n) is 10.5. The first-order chi connectivity index (χ1) is 7.24. The summed E-state index contributed by atoms with van der Waals surface area (Å²) in [5.41, 5.74) is 7.61. The van der Waals surface area contributed by atoms with E-state index in [-0.39, 0.29) is 5.41 Å². The second-order valence-electron chi connectivity index (χ2n) is 5.65. The first-order valence-corrected chi connectivity index (χ1v) is 5.54. The highest BCUT2D eigenvalue weighted by Gasteiger charge is 2.18. The molecule has 0 amide bonds. The van der Waals surface area contributed by atoms with E-state index >= 15 is 0 Å². The quantitative estimate of drug-likeness (QED) is 0.826. The van der Waals surface area contributed by atoms with E-state index in [1.165, 1.54) is 5.56 Å². The van der Waals surface area contributed by atoms with Crippen LogP contribution in [0.2, 0.25) is 0 Å². The molecule has 2 heteroatoms. The minimum atomic E-state index is -0.775. The fraction of sp³-hybridized carbons (Fsp3) is 0.500. The molecule has 0 bridgehead atoms. The average molecular weight is 216 g/mol. The number of nitrogens with two attached hydrogens (primary N) is 1. The Bertz CT molecular complexity index is 388. The zero-order valence-corrected chi connectivity index (χ0v) is 10.5. The third-order valence-electron chi connectivity index (χ3n) is 2.65. The van der Waals surface area contributed by atoms with Crippen LogP contribution in [0.1, 0.15) is 38.8 Å². The molecule has 2 N–H and O–H groups in total. The monoisotopic (exact) mass is 216 g/mol. The van der Waals surface area contributed by atoms with Crippen LogP contribution < -0.4 is 5.73 Å². The lowest BCUT2D eigenvalue weighted by Gasteiger charge is -2.20. The van der Waals surface area contributed by atoms with Gasteiger partial charge in [0.1, 0.15) is 5.54 Å². The lowest BCUT2D eigenvalue weighted by atomic mass is 9.85. The maximum Gasteiger partial charge on any atom is 0.105 e. The second-order valence-corrected chi connectivity index (χ2v) is 5.65. The first-order valence-electron chi connectivity index (χ1n) is 5.54. The number of benzene rings is 1. The summed E-state index contributed by atoms with van der Waals surface area (Å²) in [6, 6.07) is 10.5. The molecule has 1 aromatic rings. The molecular formula is C14H20N2. The number of rotatable bonds is 2. The van der Waals surface area contributed by atoms with Gasteiger partial charge in [0.2, 0.25) is 0 Å². The molecule has 0 aliphatic carbocycles. The van der Waals surface area contributed by atoms with Gasteiger partial charge in [0, 0.05) is 6.42 Å². The Morgan fingerprint density at radius 3 is 2.00 bits per heavy atom. The lowest BCUT2D eigenvalue weighted by Crippen LogP contribution is -2.36. The van der Waals surface area contributed by atoms with E-state index in [9.17, 15) is 0 Å². The summed E-state index contributed by atoms with van der Waals surface area (Å²) in [6.45, 7) is 8.31. The molecule has 16 heavy (non-hydrogen) atoms. The van der Waals surface area contributed by atoms with E-state index in [4.69, 9.17) is 11.0 Å². The molecule has 1 rings (SSSR count). The number of hydrogen-bond acceptors (Lipinski definition) is 2. The smallest absolute Gasteiger partial charge is 0.105 e. The number of nitriles is 1. The molecule has 1 aromatic carbocycles. The molecule has 0 heterocycles. The molecular weight excluding hydrogens is 196 g/mol. The fourth-order valence-electron chi connectivity index (χ4n) is 1.59. The van der Waals surface area contributed by atoms with Gasteiger partial charge in [-0.2, -0.15) is 5.26 Å². The molecule has 1 unspecified atom stereocenters. The topological polar surface area (TPSA) is 49.8 Å². The molecule has 2 nitrogen and oxygen atoms in total. The zero-order chi connectivity index (χ0) is 12.4. The molecule has 0 aliphatic rings. The van der Waals surface area contributed by atoms with E-state index in [1.54, 1.807) is 6.92 Å². The standard InChI is InChI=1S/C14H20N2/c1-13(2,3)12-7-5-11(6-8-12)9-14(4,16)10-15/h5-8H,9,16H2,1-4H3. The average Bonchev–Trinajstić information content (AvgIpc) is 2.16. The van der Waals surface area contributed by atoms with Crippen LogP contribution in [0, 0.1) is 11.3 Å². The van der Waals surface area contributed by atoms with Crippen molar-refractivity contribution in [1.82, 2.24) is 0 Å². The van der Waals surface area contributed by atoms with Gasteiger partial charge in [-0.25, -0.2) is 0 Å². The van der Waals surface area contributed by atoms with Crippen molar-refractivity contribution in [1.29, 1.82) is 5.26 Å². The highest BCUT2D eigenvalue weighted by Crippen LogP contribution is 2.22. The van der Waals surface area contributed by atoms with Crippen LogP contribution in [0.15, 0.2) is 24.3 Å². The first kappa shape index (κ1) is 12.7. The lowest BCUT2D eigenvalue weighted by molar-refractivity contribution is 0.584. The molecule has 0 spiro atoms. The van der Waals surface area contributed by atoms with E-state index < -0.39 is 5.54 Å². The van der Waals surface area contributed by atoms with E-state index in [1.807, 2.05) is 0 Å². The molecule has 86 valence electrons. The van der Waals surface area contributed by atoms with E-state index in [2.05, 4.69) is 51.1 Å². The highest BCUT2D eigenvalue weighted by molar-refractivity contribution is 5.29. The van der Waals surface area contributed by atoms with Gasteiger partial charge < -0.3 is 5.73 Å². The van der Waals surface area contributed by atoms with Crippen molar-refractivity contribution in [2.45, 2.75) is 45.1 Å². The Morgan fingerprint density at radius 2 is 1.62 bits per heavy atom. The van der Waals surface area contributed by atoms with Crippen molar-refractivity contribution in [3.05, 3.63) is 35.4 Å². The van der Waals surface area contributed by atoms with Gasteiger partial charge in [-0.05, 0) is 23.5 Å². The van der Waals surface area contributed by atoms with Crippen molar-refractivity contribution in [2.24, 2.45) is 5.73 Å². The highest BCUT2D eigenvalue weighted by atomic mass is 14.7. The van der Waals surface area contributed by atoms with Crippen LogP contribution >= 0.6 is 0 Å². The van der Waals surface area contributed by atoms with Crippen molar-refractivity contribution in [2.75, 3.05) is 0 Å². The normalized spacial score (nSPS) is 15.2. The van der Waals surface area contributed by atoms with Crippen LogP contribution in [0.25, 0.3) is 0 Å². The number of hydrogen-bond donors (Lipinski definition) is 1. The maximum atomic E-state index is 8.86. The molecule has 1 atom stereocenters. The summed E-state index contributed by atoms with van der Waals surface area (Å²) in [4.78, 5) is 0. The van der Waals surface area contributed by atoms with Crippen molar-refractivity contribution in [3.63, 3.8) is 0 Å². The van der Waals surface area contributed by atoms with Gasteiger partial charge in [-0.15, -0.1) is 0 Å². The summed E-state index contributed by atoms with van der Waals surface area (Å²) in [7, 11) is 0. The summed E-state index contributed by atoms with van der Waals surface area (Å²) < 4.78 is 0. The van der Waals surface area contributed by atoms with E-state index in [0.29, 0.717) is 6.42 Å². The van der Waals surface area contributed by atoms with Crippen LogP contribution in [0.5, 0.6) is 0 Å². The molecule has 0 fully saturated rings. The summed E-state index contributed by atoms with van der Waals surface area (Å²) >= 11 is 0. The van der Waals surface area contributed by atoms with Gasteiger partial charge in [0.25, 0.3) is 0 Å². The van der Waals surface area contributed by atoms with Crippen LogP contribution in [-0.4, -0.2) is 5.54 Å². The Morgan fingerprint density at radius 1 is 1.12 bits per heavy atom. The minimum Gasteiger partial charge on any atom is -0.313 e. The van der Waals surface area contributed by atoms with Crippen LogP contribution in [0.3, 0.4) is 0 Å². The van der Waals surface area contributed by atoms with Crippen LogP contribution in [-0.2, 0) is 11.8 Å². The van der Waals surface area contributed by atoms with Gasteiger partial charge in [-0.3, -0.25) is 0 Å². The van der Waals surface area contributed by atoms with Gasteiger partial charge in [-0.1, -0.05) is 45.0 Å². The van der Waals surface area contributed by atoms with Gasteiger partial charge in [0.05, 0.1) is 6.07 Å². The second kappa shape index (κ2) is 4.27. The number of nitrogens with zero attached hydrogens (tertiary/aromatic N) is 1. The van der Waals surface area contributed by atoms with Gasteiger partial charge >= 0.3 is 0 Å². The Hall–Kier alpha value is -1.33. The third kappa shape index (κ3) is 3.36. The predicted molar refractivity (Wildman–Crippen MR) is 67.1 cm³/mol. The Balaban J connectivity index is 2.85. The molecule has 0 radical (unpaired) electrons. The molecule has 0 saturated heterocycles. The predicted octanol–water partition coefficient (Wildman–Crippen LogP) is 2.77. The van der Waals surface area contributed by atoms with E-state index in [0.717, 1.165) is 5.56 Å². The maximum absolute atomic E-state index is 8.86. The molecule has 0 saturated carbocycles. The summed E-state index contributed by atoms with van der Waals surface area (Å²) in [5, 5.41) is 8.86.